The molecule has 1 rings (SSSR count). The number of carboxylic acids is 1. The summed E-state index contributed by atoms with van der Waals surface area (Å²) in [6.07, 6.45) is 5.57. The van der Waals surface area contributed by atoms with Crippen molar-refractivity contribution in [3.8, 4) is 0 Å². The van der Waals surface area contributed by atoms with Crippen LogP contribution in [0, 0.1) is 5.92 Å². The highest BCUT2D eigenvalue weighted by atomic mass is 16.5. The Hall–Kier alpha value is -1.44. The second kappa shape index (κ2) is 9.48. The van der Waals surface area contributed by atoms with Crippen LogP contribution in [0.1, 0.15) is 59.8 Å². The molecule has 0 amide bonds. The van der Waals surface area contributed by atoms with Crippen molar-refractivity contribution in [1.82, 2.24) is 5.06 Å². The first-order valence-corrected chi connectivity index (χ1v) is 9.09. The maximum atomic E-state index is 12.4. The molecule has 26 heavy (non-hydrogen) atoms. The van der Waals surface area contributed by atoms with Gasteiger partial charge in [0.1, 0.15) is 0 Å². The minimum atomic E-state index is -0.999. The molecule has 1 saturated heterocycles. The molecule has 0 aliphatic carbocycles. The highest BCUT2D eigenvalue weighted by molar-refractivity contribution is 5.79. The van der Waals surface area contributed by atoms with Crippen LogP contribution in [-0.2, 0) is 19.1 Å². The standard InChI is InChI=1S/C19H33NO6/c1-18(2)12-14(13-19(3,4)20(18)24)17(23)26-11-7-6-8-15(25-5)9-10-16(21)22/h9-10,14-15,24H,6-8,11-13H2,1-5H3,(H,21,22). The van der Waals surface area contributed by atoms with Gasteiger partial charge < -0.3 is 19.8 Å². The van der Waals surface area contributed by atoms with Crippen LogP contribution in [0.4, 0.5) is 0 Å². The highest BCUT2D eigenvalue weighted by Crippen LogP contribution is 2.40. The van der Waals surface area contributed by atoms with Crippen molar-refractivity contribution in [3.63, 3.8) is 0 Å². The van der Waals surface area contributed by atoms with Crippen LogP contribution < -0.4 is 0 Å². The summed E-state index contributed by atoms with van der Waals surface area (Å²) in [5.41, 5.74) is -0.957. The number of nitrogens with zero attached hydrogens (tertiary/aromatic N) is 1. The summed E-state index contributed by atoms with van der Waals surface area (Å²) in [6, 6.07) is 0. The summed E-state index contributed by atoms with van der Waals surface area (Å²) in [5, 5.41) is 20.3. The van der Waals surface area contributed by atoms with Crippen LogP contribution in [0.25, 0.3) is 0 Å². The molecule has 0 aromatic rings. The number of hydrogen-bond donors (Lipinski definition) is 2. The Morgan fingerprint density at radius 2 is 1.77 bits per heavy atom. The van der Waals surface area contributed by atoms with E-state index in [1.165, 1.54) is 18.2 Å². The van der Waals surface area contributed by atoms with E-state index in [0.29, 0.717) is 32.3 Å². The van der Waals surface area contributed by atoms with Gasteiger partial charge in [0.15, 0.2) is 0 Å². The fraction of sp³-hybridized carbons (Fsp3) is 0.789. The average Bonchev–Trinajstić information content (AvgIpc) is 2.54. The first-order valence-electron chi connectivity index (χ1n) is 9.09. The van der Waals surface area contributed by atoms with Gasteiger partial charge in [-0.15, -0.1) is 0 Å². The lowest BCUT2D eigenvalue weighted by molar-refractivity contribution is -0.251. The van der Waals surface area contributed by atoms with Gasteiger partial charge in [0.25, 0.3) is 0 Å². The van der Waals surface area contributed by atoms with Crippen LogP contribution in [0.2, 0.25) is 0 Å². The second-order valence-electron chi connectivity index (χ2n) is 8.18. The van der Waals surface area contributed by atoms with Gasteiger partial charge in [-0.1, -0.05) is 0 Å². The molecule has 7 nitrogen and oxygen atoms in total. The van der Waals surface area contributed by atoms with Gasteiger partial charge in [0, 0.05) is 24.3 Å². The zero-order valence-electron chi connectivity index (χ0n) is 16.5. The van der Waals surface area contributed by atoms with Crippen LogP contribution in [0.15, 0.2) is 12.2 Å². The number of unbranched alkanes of at least 4 members (excludes halogenated alkanes) is 1. The average molecular weight is 371 g/mol. The molecule has 1 aliphatic heterocycles. The van der Waals surface area contributed by atoms with Gasteiger partial charge in [-0.2, -0.15) is 5.06 Å². The molecule has 1 heterocycles. The molecule has 2 N–H and O–H groups in total. The number of esters is 1. The molecule has 0 bridgehead atoms. The first-order chi connectivity index (χ1) is 12.0. The van der Waals surface area contributed by atoms with E-state index in [-0.39, 0.29) is 18.0 Å². The number of hydroxylamine groups is 2. The van der Waals surface area contributed by atoms with Crippen molar-refractivity contribution in [2.75, 3.05) is 13.7 Å². The van der Waals surface area contributed by atoms with Crippen molar-refractivity contribution in [3.05, 3.63) is 12.2 Å². The number of aliphatic carboxylic acids is 1. The molecule has 1 aliphatic rings. The lowest BCUT2D eigenvalue weighted by Crippen LogP contribution is -2.60. The van der Waals surface area contributed by atoms with Gasteiger partial charge >= 0.3 is 11.9 Å². The van der Waals surface area contributed by atoms with Gasteiger partial charge in [-0.05, 0) is 65.9 Å². The molecule has 150 valence electrons. The summed E-state index contributed by atoms with van der Waals surface area (Å²) in [7, 11) is 1.54. The van der Waals surface area contributed by atoms with Crippen LogP contribution in [-0.4, -0.2) is 58.2 Å². The van der Waals surface area contributed by atoms with Gasteiger partial charge in [-0.3, -0.25) is 4.79 Å². The van der Waals surface area contributed by atoms with E-state index in [2.05, 4.69) is 0 Å². The molecule has 7 heteroatoms. The fourth-order valence-electron chi connectivity index (χ4n) is 3.66. The Morgan fingerprint density at radius 3 is 2.27 bits per heavy atom. The summed E-state index contributed by atoms with van der Waals surface area (Å²) in [6.45, 7) is 8.01. The van der Waals surface area contributed by atoms with E-state index >= 15 is 0 Å². The maximum absolute atomic E-state index is 12.4. The molecule has 1 unspecified atom stereocenters. The molecule has 0 spiro atoms. The van der Waals surface area contributed by atoms with Crippen molar-refractivity contribution in [2.45, 2.75) is 77.0 Å². The first kappa shape index (κ1) is 22.6. The molecular formula is C19H33NO6. The van der Waals surface area contributed by atoms with Crippen molar-refractivity contribution < 1.29 is 29.4 Å². The van der Waals surface area contributed by atoms with Crippen LogP contribution in [0.5, 0.6) is 0 Å². The minimum Gasteiger partial charge on any atom is -0.478 e. The fourth-order valence-corrected chi connectivity index (χ4v) is 3.66. The summed E-state index contributed by atoms with van der Waals surface area (Å²) in [5.74, 6) is -1.44. The Morgan fingerprint density at radius 1 is 1.19 bits per heavy atom. The lowest BCUT2D eigenvalue weighted by Gasteiger charge is -2.50. The smallest absolute Gasteiger partial charge is 0.328 e. The topological polar surface area (TPSA) is 96.3 Å². The number of carbonyl (C=O) groups is 2. The normalized spacial score (nSPS) is 21.6. The number of carboxylic acid groups (broad SMARTS) is 1. The molecule has 1 atom stereocenters. The largest absolute Gasteiger partial charge is 0.478 e. The molecule has 1 fully saturated rings. The number of ether oxygens (including phenoxy) is 2. The Kier molecular flexibility index (Phi) is 8.24. The predicted molar refractivity (Wildman–Crippen MR) is 96.9 cm³/mol. The Balaban J connectivity index is 2.37. The van der Waals surface area contributed by atoms with Crippen molar-refractivity contribution in [2.24, 2.45) is 5.92 Å². The van der Waals surface area contributed by atoms with Gasteiger partial charge in [0.05, 0.1) is 18.6 Å². The summed E-state index contributed by atoms with van der Waals surface area (Å²) >= 11 is 0. The van der Waals surface area contributed by atoms with E-state index in [0.717, 1.165) is 12.5 Å². The molecule has 0 aromatic carbocycles. The van der Waals surface area contributed by atoms with E-state index in [4.69, 9.17) is 14.6 Å². The number of piperidine rings is 1. The maximum Gasteiger partial charge on any atom is 0.328 e. The van der Waals surface area contributed by atoms with E-state index in [1.807, 2.05) is 27.7 Å². The highest BCUT2D eigenvalue weighted by Gasteiger charge is 2.47. The number of methoxy groups -OCH3 is 1. The Bertz CT molecular complexity index is 496. The van der Waals surface area contributed by atoms with E-state index in [9.17, 15) is 14.8 Å². The number of hydrogen-bond acceptors (Lipinski definition) is 6. The third kappa shape index (κ3) is 6.70. The quantitative estimate of drug-likeness (QED) is 0.365. The van der Waals surface area contributed by atoms with Crippen molar-refractivity contribution >= 4 is 11.9 Å². The number of rotatable bonds is 9. The van der Waals surface area contributed by atoms with E-state index < -0.39 is 17.0 Å². The third-order valence-corrected chi connectivity index (χ3v) is 4.86. The zero-order valence-corrected chi connectivity index (χ0v) is 16.5. The molecular weight excluding hydrogens is 338 g/mol. The Labute approximate surface area is 155 Å². The SMILES string of the molecule is COC(C=CC(=O)O)CCCCOC(=O)C1CC(C)(C)N(O)C(C)(C)C1. The van der Waals surface area contributed by atoms with Gasteiger partial charge in [-0.25, -0.2) is 4.79 Å². The third-order valence-electron chi connectivity index (χ3n) is 4.86. The molecule has 0 radical (unpaired) electrons. The minimum absolute atomic E-state index is 0.215. The molecule has 0 aromatic heterocycles. The number of carbonyl (C=O) groups excluding carboxylic acids is 1. The predicted octanol–water partition coefficient (Wildman–Crippen LogP) is 3.01. The monoisotopic (exact) mass is 371 g/mol. The van der Waals surface area contributed by atoms with Crippen LogP contribution in [0.3, 0.4) is 0 Å². The molecule has 0 saturated carbocycles. The summed E-state index contributed by atoms with van der Waals surface area (Å²) in [4.78, 5) is 22.9. The van der Waals surface area contributed by atoms with Gasteiger partial charge in [0.2, 0.25) is 0 Å². The van der Waals surface area contributed by atoms with E-state index in [1.54, 1.807) is 0 Å². The second-order valence-corrected chi connectivity index (χ2v) is 8.18. The van der Waals surface area contributed by atoms with Crippen LogP contribution >= 0.6 is 0 Å². The zero-order chi connectivity index (χ0) is 20.0. The summed E-state index contributed by atoms with van der Waals surface area (Å²) < 4.78 is 10.6. The van der Waals surface area contributed by atoms with Crippen molar-refractivity contribution in [1.29, 1.82) is 0 Å². The lowest BCUT2D eigenvalue weighted by atomic mass is 9.75.